The third kappa shape index (κ3) is 4.44. The first-order valence-corrected chi connectivity index (χ1v) is 7.28. The Labute approximate surface area is 127 Å². The van der Waals surface area contributed by atoms with Crippen molar-refractivity contribution in [3.8, 4) is 6.07 Å². The number of benzene rings is 2. The lowest BCUT2D eigenvalue weighted by Gasteiger charge is -2.19. The molecule has 2 heteroatoms. The second-order valence-corrected chi connectivity index (χ2v) is 6.36. The number of nitriles is 1. The molecule has 0 fully saturated rings. The van der Waals surface area contributed by atoms with E-state index in [1.54, 1.807) is 0 Å². The Morgan fingerprint density at radius 1 is 0.857 bits per heavy atom. The molecule has 2 nitrogen and oxygen atoms in total. The summed E-state index contributed by atoms with van der Waals surface area (Å²) in [6.07, 6.45) is 0. The molecular formula is C19H22N2. The Balaban J connectivity index is 1.87. The Hall–Kier alpha value is -2.11. The summed E-state index contributed by atoms with van der Waals surface area (Å²) in [5.41, 5.74) is 4.75. The SMILES string of the molecule is CC(C)(C)c1ccc(CNCc2ccc(C#N)cc2)cc1. The van der Waals surface area contributed by atoms with E-state index >= 15 is 0 Å². The van der Waals surface area contributed by atoms with Gasteiger partial charge in [-0.3, -0.25) is 0 Å². The van der Waals surface area contributed by atoms with Crippen molar-refractivity contribution in [2.24, 2.45) is 0 Å². The number of hydrogen-bond acceptors (Lipinski definition) is 2. The minimum absolute atomic E-state index is 0.203. The van der Waals surface area contributed by atoms with Crippen LogP contribution in [0.1, 0.15) is 43.0 Å². The van der Waals surface area contributed by atoms with Crippen LogP contribution in [-0.2, 0) is 18.5 Å². The van der Waals surface area contributed by atoms with Crippen molar-refractivity contribution in [1.82, 2.24) is 5.32 Å². The molecule has 0 unspecified atom stereocenters. The first kappa shape index (κ1) is 15.3. The minimum atomic E-state index is 0.203. The van der Waals surface area contributed by atoms with Gasteiger partial charge in [-0.1, -0.05) is 57.2 Å². The van der Waals surface area contributed by atoms with Gasteiger partial charge in [-0.2, -0.15) is 5.26 Å². The van der Waals surface area contributed by atoms with E-state index in [9.17, 15) is 0 Å². The van der Waals surface area contributed by atoms with Crippen molar-refractivity contribution in [2.75, 3.05) is 0 Å². The highest BCUT2D eigenvalue weighted by Gasteiger charge is 2.12. The van der Waals surface area contributed by atoms with Crippen molar-refractivity contribution in [3.05, 3.63) is 70.8 Å². The molecule has 0 aliphatic heterocycles. The zero-order valence-corrected chi connectivity index (χ0v) is 13.0. The van der Waals surface area contributed by atoms with Crippen molar-refractivity contribution < 1.29 is 0 Å². The van der Waals surface area contributed by atoms with E-state index in [0.29, 0.717) is 5.56 Å². The molecule has 0 bridgehead atoms. The van der Waals surface area contributed by atoms with Gasteiger partial charge >= 0.3 is 0 Å². The third-order valence-electron chi connectivity index (χ3n) is 3.56. The molecule has 0 atom stereocenters. The van der Waals surface area contributed by atoms with Gasteiger partial charge in [0.15, 0.2) is 0 Å². The molecule has 0 aromatic heterocycles. The van der Waals surface area contributed by atoms with Crippen LogP contribution in [0.15, 0.2) is 48.5 Å². The van der Waals surface area contributed by atoms with Crippen molar-refractivity contribution in [3.63, 3.8) is 0 Å². The average molecular weight is 278 g/mol. The summed E-state index contributed by atoms with van der Waals surface area (Å²) in [4.78, 5) is 0. The van der Waals surface area contributed by atoms with Crippen LogP contribution < -0.4 is 5.32 Å². The van der Waals surface area contributed by atoms with Gasteiger partial charge in [0.1, 0.15) is 0 Å². The normalized spacial score (nSPS) is 11.1. The molecule has 0 spiro atoms. The van der Waals surface area contributed by atoms with Gasteiger partial charge in [-0.05, 0) is 34.2 Å². The van der Waals surface area contributed by atoms with Crippen LogP contribution in [0.3, 0.4) is 0 Å². The van der Waals surface area contributed by atoms with Gasteiger partial charge in [0.05, 0.1) is 11.6 Å². The molecule has 0 radical (unpaired) electrons. The third-order valence-corrected chi connectivity index (χ3v) is 3.56. The van der Waals surface area contributed by atoms with Crippen LogP contribution in [-0.4, -0.2) is 0 Å². The lowest BCUT2D eigenvalue weighted by atomic mass is 9.87. The zero-order valence-electron chi connectivity index (χ0n) is 13.0. The molecule has 0 aliphatic rings. The van der Waals surface area contributed by atoms with Crippen LogP contribution in [0.2, 0.25) is 0 Å². The lowest BCUT2D eigenvalue weighted by molar-refractivity contribution is 0.589. The van der Waals surface area contributed by atoms with Gasteiger partial charge in [-0.15, -0.1) is 0 Å². The van der Waals surface area contributed by atoms with E-state index in [4.69, 9.17) is 5.26 Å². The van der Waals surface area contributed by atoms with Crippen molar-refractivity contribution in [2.45, 2.75) is 39.3 Å². The Kier molecular flexibility index (Phi) is 4.77. The largest absolute Gasteiger partial charge is 0.309 e. The maximum absolute atomic E-state index is 8.77. The molecule has 0 heterocycles. The molecule has 0 saturated carbocycles. The van der Waals surface area contributed by atoms with Gasteiger partial charge in [0, 0.05) is 13.1 Å². The fourth-order valence-electron chi connectivity index (χ4n) is 2.17. The highest BCUT2D eigenvalue weighted by Crippen LogP contribution is 2.22. The maximum atomic E-state index is 8.77. The molecular weight excluding hydrogens is 256 g/mol. The molecule has 1 N–H and O–H groups in total. The number of rotatable bonds is 4. The number of hydrogen-bond donors (Lipinski definition) is 1. The molecule has 2 rings (SSSR count). The topological polar surface area (TPSA) is 35.8 Å². The summed E-state index contributed by atoms with van der Waals surface area (Å²) in [7, 11) is 0. The molecule has 0 amide bonds. The van der Waals surface area contributed by atoms with Crippen LogP contribution in [0.5, 0.6) is 0 Å². The first-order valence-electron chi connectivity index (χ1n) is 7.28. The van der Waals surface area contributed by atoms with Crippen LogP contribution in [0.4, 0.5) is 0 Å². The summed E-state index contributed by atoms with van der Waals surface area (Å²) in [5, 5.41) is 12.2. The van der Waals surface area contributed by atoms with Crippen molar-refractivity contribution >= 4 is 0 Å². The molecule has 2 aromatic rings. The van der Waals surface area contributed by atoms with E-state index < -0.39 is 0 Å². The van der Waals surface area contributed by atoms with Crippen LogP contribution in [0.25, 0.3) is 0 Å². The van der Waals surface area contributed by atoms with E-state index in [1.165, 1.54) is 16.7 Å². The first-order chi connectivity index (χ1) is 9.99. The fraction of sp³-hybridized carbons (Fsp3) is 0.316. The predicted molar refractivity (Wildman–Crippen MR) is 86.8 cm³/mol. The smallest absolute Gasteiger partial charge is 0.0991 e. The standard InChI is InChI=1S/C19H22N2/c1-19(2,3)18-10-8-17(9-11-18)14-21-13-16-6-4-15(12-20)5-7-16/h4-11,21H,13-14H2,1-3H3. The van der Waals surface area contributed by atoms with Crippen molar-refractivity contribution in [1.29, 1.82) is 5.26 Å². The monoisotopic (exact) mass is 278 g/mol. The van der Waals surface area contributed by atoms with E-state index in [2.05, 4.69) is 56.4 Å². The fourth-order valence-corrected chi connectivity index (χ4v) is 2.17. The quantitative estimate of drug-likeness (QED) is 0.912. The molecule has 0 aliphatic carbocycles. The zero-order chi connectivity index (χ0) is 15.3. The molecule has 108 valence electrons. The van der Waals surface area contributed by atoms with Gasteiger partial charge in [-0.25, -0.2) is 0 Å². The lowest BCUT2D eigenvalue weighted by Crippen LogP contribution is -2.14. The Morgan fingerprint density at radius 2 is 1.33 bits per heavy atom. The summed E-state index contributed by atoms with van der Waals surface area (Å²) < 4.78 is 0. The molecule has 0 saturated heterocycles. The Morgan fingerprint density at radius 3 is 1.76 bits per heavy atom. The summed E-state index contributed by atoms with van der Waals surface area (Å²) in [6.45, 7) is 8.35. The Bertz CT molecular complexity index is 611. The second-order valence-electron chi connectivity index (χ2n) is 6.36. The average Bonchev–Trinajstić information content (AvgIpc) is 2.47. The van der Waals surface area contributed by atoms with Gasteiger partial charge in [0.25, 0.3) is 0 Å². The minimum Gasteiger partial charge on any atom is -0.309 e. The van der Waals surface area contributed by atoms with E-state index in [-0.39, 0.29) is 5.41 Å². The van der Waals surface area contributed by atoms with Crippen LogP contribution in [0, 0.1) is 11.3 Å². The van der Waals surface area contributed by atoms with E-state index in [0.717, 1.165) is 13.1 Å². The number of nitrogens with one attached hydrogen (secondary N) is 1. The maximum Gasteiger partial charge on any atom is 0.0991 e. The second kappa shape index (κ2) is 6.56. The predicted octanol–water partition coefficient (Wildman–Crippen LogP) is 4.15. The number of nitrogens with zero attached hydrogens (tertiary/aromatic N) is 1. The highest BCUT2D eigenvalue weighted by atomic mass is 14.8. The van der Waals surface area contributed by atoms with E-state index in [1.807, 2.05) is 24.3 Å². The summed E-state index contributed by atoms with van der Waals surface area (Å²) in [6, 6.07) is 18.6. The molecule has 2 aromatic carbocycles. The van der Waals surface area contributed by atoms with Crippen LogP contribution >= 0.6 is 0 Å². The van der Waals surface area contributed by atoms with Gasteiger partial charge in [0.2, 0.25) is 0 Å². The van der Waals surface area contributed by atoms with Gasteiger partial charge < -0.3 is 5.32 Å². The summed E-state index contributed by atoms with van der Waals surface area (Å²) in [5.74, 6) is 0. The highest BCUT2D eigenvalue weighted by molar-refractivity contribution is 5.31. The summed E-state index contributed by atoms with van der Waals surface area (Å²) >= 11 is 0. The molecule has 21 heavy (non-hydrogen) atoms.